The van der Waals surface area contributed by atoms with Gasteiger partial charge in [0.1, 0.15) is 5.65 Å². The van der Waals surface area contributed by atoms with Crippen LogP contribution in [-0.2, 0) is 11.8 Å². The number of piperidine rings is 1. The third kappa shape index (κ3) is 4.28. The number of hydrogen-bond acceptors (Lipinski definition) is 4. The number of aromatic nitrogens is 2. The van der Waals surface area contributed by atoms with Crippen LogP contribution in [0.2, 0.25) is 0 Å². The van der Waals surface area contributed by atoms with Crippen molar-refractivity contribution in [2.75, 3.05) is 18.4 Å². The number of nitrogens with one attached hydrogen (secondary N) is 1. The van der Waals surface area contributed by atoms with Crippen LogP contribution in [0.4, 0.5) is 5.69 Å². The average molecular weight is 458 g/mol. The number of anilines is 1. The maximum atomic E-state index is 12.9. The molecule has 2 amide bonds. The number of nitrogens with zero attached hydrogens (tertiary/aromatic N) is 4. The molecule has 3 heterocycles. The summed E-state index contributed by atoms with van der Waals surface area (Å²) in [4.78, 5) is 32.0. The predicted octanol–water partition coefficient (Wildman–Crippen LogP) is 4.61. The minimum atomic E-state index is -0.271. The third-order valence-electron chi connectivity index (χ3n) is 6.89. The van der Waals surface area contributed by atoms with Gasteiger partial charge in [-0.25, -0.2) is 4.98 Å². The second kappa shape index (κ2) is 9.30. The van der Waals surface area contributed by atoms with E-state index in [4.69, 9.17) is 5.26 Å². The zero-order valence-electron chi connectivity index (χ0n) is 20.4. The minimum Gasteiger partial charge on any atom is -0.342 e. The molecule has 2 atom stereocenters. The Morgan fingerprint density at radius 1 is 1.29 bits per heavy atom. The molecule has 0 saturated carbocycles. The highest BCUT2D eigenvalue weighted by atomic mass is 16.2. The molecule has 0 aliphatic carbocycles. The normalized spacial score (nSPS) is 18.2. The SMILES string of the molecule is Cc1c(NC(=O)c2cccc(C#N)c2)cnc2c1c(C1CCN(C(=O)C(C)C)CC1C)cn2C. The molecular formula is C27H31N5O2. The van der Waals surface area contributed by atoms with Crippen LogP contribution in [0, 0.1) is 30.1 Å². The standard InChI is InChI=1S/C27H31N5O2/c1-16(2)27(34)32-10-9-21(17(3)14-32)22-15-31(5)25-24(22)18(4)23(13-29-25)30-26(33)20-8-6-7-19(11-20)12-28/h6-8,11,13,15-17,21H,9-10,14H2,1-5H3,(H,30,33). The van der Waals surface area contributed by atoms with Crippen LogP contribution in [-0.4, -0.2) is 39.4 Å². The highest BCUT2D eigenvalue weighted by Gasteiger charge is 2.32. The highest BCUT2D eigenvalue weighted by molar-refractivity contribution is 6.06. The van der Waals surface area contributed by atoms with E-state index in [0.29, 0.717) is 28.7 Å². The molecule has 1 aliphatic heterocycles. The van der Waals surface area contributed by atoms with Crippen LogP contribution in [0.3, 0.4) is 0 Å². The van der Waals surface area contributed by atoms with Gasteiger partial charge in [-0.1, -0.05) is 26.8 Å². The Balaban J connectivity index is 1.65. The summed E-state index contributed by atoms with van der Waals surface area (Å²) in [6.07, 6.45) is 4.74. The fourth-order valence-corrected chi connectivity index (χ4v) is 5.04. The van der Waals surface area contributed by atoms with E-state index in [1.54, 1.807) is 30.5 Å². The van der Waals surface area contributed by atoms with Crippen molar-refractivity contribution < 1.29 is 9.59 Å². The van der Waals surface area contributed by atoms with E-state index in [-0.39, 0.29) is 17.7 Å². The zero-order valence-corrected chi connectivity index (χ0v) is 20.4. The zero-order chi connectivity index (χ0) is 24.6. The summed E-state index contributed by atoms with van der Waals surface area (Å²) in [6, 6.07) is 8.72. The summed E-state index contributed by atoms with van der Waals surface area (Å²) < 4.78 is 2.04. The van der Waals surface area contributed by atoms with Crippen molar-refractivity contribution in [1.82, 2.24) is 14.5 Å². The molecule has 4 rings (SSSR count). The van der Waals surface area contributed by atoms with Crippen LogP contribution in [0.15, 0.2) is 36.7 Å². The van der Waals surface area contributed by atoms with Crippen LogP contribution < -0.4 is 5.32 Å². The first kappa shape index (κ1) is 23.5. The van der Waals surface area contributed by atoms with E-state index in [1.807, 2.05) is 37.3 Å². The van der Waals surface area contributed by atoms with Crippen molar-refractivity contribution in [1.29, 1.82) is 5.26 Å². The van der Waals surface area contributed by atoms with Crippen LogP contribution >= 0.6 is 0 Å². The van der Waals surface area contributed by atoms with E-state index in [0.717, 1.165) is 36.1 Å². The van der Waals surface area contributed by atoms with Crippen LogP contribution in [0.25, 0.3) is 11.0 Å². The molecule has 3 aromatic rings. The Bertz CT molecular complexity index is 1300. The molecule has 34 heavy (non-hydrogen) atoms. The van der Waals surface area contributed by atoms with Crippen molar-refractivity contribution in [3.8, 4) is 6.07 Å². The van der Waals surface area contributed by atoms with Crippen molar-refractivity contribution in [3.63, 3.8) is 0 Å². The maximum Gasteiger partial charge on any atom is 0.255 e. The topological polar surface area (TPSA) is 91.0 Å². The van der Waals surface area contributed by atoms with Gasteiger partial charge >= 0.3 is 0 Å². The first-order valence-corrected chi connectivity index (χ1v) is 11.8. The quantitative estimate of drug-likeness (QED) is 0.619. The maximum absolute atomic E-state index is 12.9. The van der Waals surface area contributed by atoms with Gasteiger partial charge in [0.15, 0.2) is 0 Å². The van der Waals surface area contributed by atoms with Crippen LogP contribution in [0.5, 0.6) is 0 Å². The van der Waals surface area contributed by atoms with Gasteiger partial charge in [0.25, 0.3) is 5.91 Å². The van der Waals surface area contributed by atoms with Crippen molar-refractivity contribution in [3.05, 3.63) is 58.9 Å². The smallest absolute Gasteiger partial charge is 0.255 e. The number of pyridine rings is 1. The number of likely N-dealkylation sites (tertiary alicyclic amines) is 1. The molecule has 176 valence electrons. The number of aryl methyl sites for hydroxylation is 2. The Labute approximate surface area is 200 Å². The predicted molar refractivity (Wildman–Crippen MR) is 133 cm³/mol. The molecule has 1 aliphatic rings. The fourth-order valence-electron chi connectivity index (χ4n) is 5.04. The molecule has 2 unspecified atom stereocenters. The number of benzene rings is 1. The second-order valence-electron chi connectivity index (χ2n) is 9.65. The van der Waals surface area contributed by atoms with Gasteiger partial charge in [0, 0.05) is 43.2 Å². The number of nitriles is 1. The largest absolute Gasteiger partial charge is 0.342 e. The molecule has 0 radical (unpaired) electrons. The van der Waals surface area contributed by atoms with Gasteiger partial charge in [-0.15, -0.1) is 0 Å². The molecule has 7 heteroatoms. The molecular weight excluding hydrogens is 426 g/mol. The van der Waals surface area contributed by atoms with Gasteiger partial charge in [-0.2, -0.15) is 5.26 Å². The van der Waals surface area contributed by atoms with E-state index in [2.05, 4.69) is 29.5 Å². The summed E-state index contributed by atoms with van der Waals surface area (Å²) in [5, 5.41) is 13.2. The molecule has 1 aromatic carbocycles. The highest BCUT2D eigenvalue weighted by Crippen LogP contribution is 2.39. The summed E-state index contributed by atoms with van der Waals surface area (Å²) >= 11 is 0. The third-order valence-corrected chi connectivity index (χ3v) is 6.89. The van der Waals surface area contributed by atoms with Gasteiger partial charge < -0.3 is 14.8 Å². The summed E-state index contributed by atoms with van der Waals surface area (Å²) in [6.45, 7) is 9.62. The number of carbonyl (C=O) groups is 2. The molecule has 1 saturated heterocycles. The van der Waals surface area contributed by atoms with E-state index in [1.165, 1.54) is 5.56 Å². The molecule has 1 N–H and O–H groups in total. The second-order valence-corrected chi connectivity index (χ2v) is 9.65. The van der Waals surface area contributed by atoms with Crippen LogP contribution in [0.1, 0.15) is 60.2 Å². The Kier molecular flexibility index (Phi) is 6.43. The number of fused-ring (bicyclic) bond motifs is 1. The number of hydrogen-bond donors (Lipinski definition) is 1. The lowest BCUT2D eigenvalue weighted by molar-refractivity contribution is -0.136. The van der Waals surface area contributed by atoms with E-state index in [9.17, 15) is 9.59 Å². The number of rotatable bonds is 4. The van der Waals surface area contributed by atoms with Crippen molar-refractivity contribution in [2.24, 2.45) is 18.9 Å². The molecule has 0 spiro atoms. The Hall–Kier alpha value is -3.66. The lowest BCUT2D eigenvalue weighted by Gasteiger charge is -2.38. The van der Waals surface area contributed by atoms with E-state index >= 15 is 0 Å². The number of amides is 2. The molecule has 7 nitrogen and oxygen atoms in total. The van der Waals surface area contributed by atoms with Gasteiger partial charge in [0.2, 0.25) is 5.91 Å². The molecule has 2 aromatic heterocycles. The Morgan fingerprint density at radius 3 is 2.74 bits per heavy atom. The minimum absolute atomic E-state index is 0.00720. The van der Waals surface area contributed by atoms with Crippen molar-refractivity contribution in [2.45, 2.75) is 40.0 Å². The summed E-state index contributed by atoms with van der Waals surface area (Å²) in [7, 11) is 1.99. The Morgan fingerprint density at radius 2 is 2.06 bits per heavy atom. The average Bonchev–Trinajstić information content (AvgIpc) is 3.16. The lowest BCUT2D eigenvalue weighted by Crippen LogP contribution is -2.43. The molecule has 0 bridgehead atoms. The fraction of sp³-hybridized carbons (Fsp3) is 0.407. The first-order chi connectivity index (χ1) is 16.2. The monoisotopic (exact) mass is 457 g/mol. The lowest BCUT2D eigenvalue weighted by atomic mass is 9.81. The first-order valence-electron chi connectivity index (χ1n) is 11.8. The van der Waals surface area contributed by atoms with Gasteiger partial charge in [0.05, 0.1) is 23.5 Å². The van der Waals surface area contributed by atoms with E-state index < -0.39 is 0 Å². The molecule has 1 fully saturated rings. The van der Waals surface area contributed by atoms with Gasteiger partial charge in [-0.3, -0.25) is 9.59 Å². The van der Waals surface area contributed by atoms with Crippen molar-refractivity contribution >= 4 is 28.5 Å². The summed E-state index contributed by atoms with van der Waals surface area (Å²) in [5.74, 6) is 0.569. The summed E-state index contributed by atoms with van der Waals surface area (Å²) in [5.41, 5.74) is 4.60. The van der Waals surface area contributed by atoms with Gasteiger partial charge in [-0.05, 0) is 54.5 Å². The number of carbonyl (C=O) groups excluding carboxylic acids is 2.